The quantitative estimate of drug-likeness (QED) is 0.777. The number of benzene rings is 1. The summed E-state index contributed by atoms with van der Waals surface area (Å²) in [6, 6.07) is 9.92. The maximum Gasteiger partial charge on any atom is 0.302 e. The van der Waals surface area contributed by atoms with Crippen LogP contribution in [0.2, 0.25) is 0 Å². The summed E-state index contributed by atoms with van der Waals surface area (Å²) in [7, 11) is -2.85. The van der Waals surface area contributed by atoms with Crippen molar-refractivity contribution in [1.29, 1.82) is 0 Å². The van der Waals surface area contributed by atoms with Gasteiger partial charge in [0.25, 0.3) is 0 Å². The summed E-state index contributed by atoms with van der Waals surface area (Å²) in [5.74, 6) is 2.61. The molecule has 1 heterocycles. The summed E-state index contributed by atoms with van der Waals surface area (Å²) in [5.41, 5.74) is 0.163. The molecule has 118 valence electrons. The van der Waals surface area contributed by atoms with E-state index in [2.05, 4.69) is 4.67 Å². The summed E-state index contributed by atoms with van der Waals surface area (Å²) < 4.78 is 22.0. The van der Waals surface area contributed by atoms with Crippen molar-refractivity contribution in [2.45, 2.75) is 44.1 Å². The largest absolute Gasteiger partial charge is 0.313 e. The van der Waals surface area contributed by atoms with Crippen LogP contribution in [0, 0.1) is 17.8 Å². The third-order valence-electron chi connectivity index (χ3n) is 6.52. The Labute approximate surface area is 132 Å². The summed E-state index contributed by atoms with van der Waals surface area (Å²) in [5, 5.41) is 0.892. The fourth-order valence-corrected chi connectivity index (χ4v) is 8.77. The highest BCUT2D eigenvalue weighted by Crippen LogP contribution is 2.66. The Balaban J connectivity index is 1.56. The molecule has 1 aliphatic heterocycles. The number of hydrogen-bond acceptors (Lipinski definition) is 2. The molecule has 5 fully saturated rings. The van der Waals surface area contributed by atoms with E-state index in [1.54, 1.807) is 0 Å². The molecule has 0 aromatic heterocycles. The fraction of sp³-hybridized carbons (Fsp3) is 0.667. The third kappa shape index (κ3) is 1.85. The van der Waals surface area contributed by atoms with E-state index in [-0.39, 0.29) is 5.54 Å². The standard InChI is InChI=1S/C18H24NO2P/c20-22(17-4-2-1-3-5-17)19(6-7-21-22)18-11-14-8-15(12-18)10-16(9-14)13-18/h1-5,14-16H,6-13H2. The Bertz CT molecular complexity index is 594. The average Bonchev–Trinajstić information content (AvgIpc) is 2.91. The first-order valence-electron chi connectivity index (χ1n) is 8.76. The topological polar surface area (TPSA) is 29.5 Å². The second-order valence-corrected chi connectivity index (χ2v) is 10.3. The van der Waals surface area contributed by atoms with Crippen LogP contribution in [0.3, 0.4) is 0 Å². The highest BCUT2D eigenvalue weighted by molar-refractivity contribution is 7.64. The van der Waals surface area contributed by atoms with Gasteiger partial charge in [-0.05, 0) is 68.4 Å². The first-order chi connectivity index (χ1) is 10.7. The van der Waals surface area contributed by atoms with Crippen molar-refractivity contribution in [1.82, 2.24) is 4.67 Å². The van der Waals surface area contributed by atoms with Crippen molar-refractivity contribution >= 4 is 12.8 Å². The molecule has 22 heavy (non-hydrogen) atoms. The zero-order chi connectivity index (χ0) is 14.8. The minimum absolute atomic E-state index is 0.163. The molecule has 0 spiro atoms. The lowest BCUT2D eigenvalue weighted by Crippen LogP contribution is -2.58. The van der Waals surface area contributed by atoms with E-state index in [1.807, 2.05) is 30.3 Å². The van der Waals surface area contributed by atoms with Gasteiger partial charge in [0.05, 0.1) is 11.9 Å². The smallest absolute Gasteiger partial charge is 0.302 e. The van der Waals surface area contributed by atoms with Crippen LogP contribution in [-0.4, -0.2) is 23.4 Å². The van der Waals surface area contributed by atoms with Gasteiger partial charge >= 0.3 is 7.52 Å². The molecule has 3 nitrogen and oxygen atoms in total. The first-order valence-corrected chi connectivity index (χ1v) is 10.3. The second kappa shape index (κ2) is 4.69. The Kier molecular flexibility index (Phi) is 2.94. The minimum Gasteiger partial charge on any atom is -0.313 e. The minimum atomic E-state index is -2.85. The lowest BCUT2D eigenvalue weighted by atomic mass is 9.53. The Hall–Kier alpha value is -0.630. The van der Waals surface area contributed by atoms with Crippen LogP contribution in [0.15, 0.2) is 30.3 Å². The molecule has 0 N–H and O–H groups in total. The lowest BCUT2D eigenvalue weighted by molar-refractivity contribution is -0.0540. The highest BCUT2D eigenvalue weighted by atomic mass is 31.2. The van der Waals surface area contributed by atoms with E-state index in [1.165, 1.54) is 38.5 Å². The average molecular weight is 317 g/mol. The van der Waals surface area contributed by atoms with Gasteiger partial charge < -0.3 is 4.52 Å². The molecule has 1 unspecified atom stereocenters. The van der Waals surface area contributed by atoms with Gasteiger partial charge in [-0.25, -0.2) is 4.67 Å². The van der Waals surface area contributed by atoms with Crippen LogP contribution < -0.4 is 5.30 Å². The molecular weight excluding hydrogens is 293 g/mol. The van der Waals surface area contributed by atoms with Gasteiger partial charge in [-0.1, -0.05) is 18.2 Å². The van der Waals surface area contributed by atoms with Crippen LogP contribution in [0.25, 0.3) is 0 Å². The van der Waals surface area contributed by atoms with Crippen LogP contribution >= 0.6 is 7.52 Å². The predicted molar refractivity (Wildman–Crippen MR) is 87.2 cm³/mol. The van der Waals surface area contributed by atoms with E-state index < -0.39 is 7.52 Å². The third-order valence-corrected chi connectivity index (χ3v) is 9.27. The molecule has 1 aromatic rings. The fourth-order valence-electron chi connectivity index (χ4n) is 6.18. The van der Waals surface area contributed by atoms with Gasteiger partial charge in [0.15, 0.2) is 0 Å². The molecule has 5 aliphatic rings. The highest BCUT2D eigenvalue weighted by Gasteiger charge is 2.59. The van der Waals surface area contributed by atoms with Gasteiger partial charge in [-0.15, -0.1) is 0 Å². The monoisotopic (exact) mass is 317 g/mol. The van der Waals surface area contributed by atoms with Crippen LogP contribution in [-0.2, 0) is 9.09 Å². The van der Waals surface area contributed by atoms with Crippen LogP contribution in [0.1, 0.15) is 38.5 Å². The van der Waals surface area contributed by atoms with Gasteiger partial charge in [0.2, 0.25) is 0 Å². The summed E-state index contributed by atoms with van der Waals surface area (Å²) >= 11 is 0. The zero-order valence-electron chi connectivity index (χ0n) is 13.0. The lowest BCUT2D eigenvalue weighted by Gasteiger charge is -2.60. The van der Waals surface area contributed by atoms with Crippen molar-refractivity contribution in [3.8, 4) is 0 Å². The molecule has 4 heteroatoms. The van der Waals surface area contributed by atoms with Crippen molar-refractivity contribution in [2.24, 2.45) is 17.8 Å². The van der Waals surface area contributed by atoms with Crippen LogP contribution in [0.4, 0.5) is 0 Å². The van der Waals surface area contributed by atoms with Gasteiger partial charge in [-0.2, -0.15) is 0 Å². The molecule has 4 aliphatic carbocycles. The summed E-state index contributed by atoms with van der Waals surface area (Å²) in [6.07, 6.45) is 8.01. The van der Waals surface area contributed by atoms with E-state index in [4.69, 9.17) is 4.52 Å². The maximum atomic E-state index is 13.8. The van der Waals surface area contributed by atoms with Gasteiger partial charge in [0, 0.05) is 12.1 Å². The molecule has 0 amide bonds. The molecular formula is C18H24NO2P. The maximum absolute atomic E-state index is 13.8. The molecule has 1 atom stereocenters. The van der Waals surface area contributed by atoms with E-state index in [0.717, 1.165) is 29.6 Å². The van der Waals surface area contributed by atoms with Crippen molar-refractivity contribution in [3.63, 3.8) is 0 Å². The predicted octanol–water partition coefficient (Wildman–Crippen LogP) is 3.81. The second-order valence-electron chi connectivity index (χ2n) is 7.95. The zero-order valence-corrected chi connectivity index (χ0v) is 13.9. The summed E-state index contributed by atoms with van der Waals surface area (Å²) in [6.45, 7) is 1.46. The van der Waals surface area contributed by atoms with Crippen LogP contribution in [0.5, 0.6) is 0 Å². The molecule has 0 radical (unpaired) electrons. The normalized spacial score (nSPS) is 47.2. The van der Waals surface area contributed by atoms with Crippen molar-refractivity contribution in [3.05, 3.63) is 30.3 Å². The Morgan fingerprint density at radius 3 is 2.18 bits per heavy atom. The number of rotatable bonds is 2. The van der Waals surface area contributed by atoms with Crippen molar-refractivity contribution < 1.29 is 9.09 Å². The molecule has 4 saturated carbocycles. The number of nitrogens with zero attached hydrogens (tertiary/aromatic N) is 1. The van der Waals surface area contributed by atoms with Gasteiger partial charge in [-0.3, -0.25) is 4.57 Å². The SMILES string of the molecule is O=P1(c2ccccc2)OCCN1C12CC3CC(CC(C3)C1)C2. The number of hydrogen-bond donors (Lipinski definition) is 0. The van der Waals surface area contributed by atoms with Crippen molar-refractivity contribution in [2.75, 3.05) is 13.2 Å². The van der Waals surface area contributed by atoms with E-state index in [0.29, 0.717) is 6.61 Å². The Morgan fingerprint density at radius 2 is 1.59 bits per heavy atom. The molecule has 6 rings (SSSR count). The van der Waals surface area contributed by atoms with E-state index in [9.17, 15) is 4.57 Å². The van der Waals surface area contributed by atoms with Gasteiger partial charge in [0.1, 0.15) is 0 Å². The molecule has 1 aromatic carbocycles. The molecule has 1 saturated heterocycles. The van der Waals surface area contributed by atoms with E-state index >= 15 is 0 Å². The first kappa shape index (κ1) is 13.8. The summed E-state index contributed by atoms with van der Waals surface area (Å²) in [4.78, 5) is 0. The Morgan fingerprint density at radius 1 is 1.00 bits per heavy atom. The molecule has 4 bridgehead atoms.